The highest BCUT2D eigenvalue weighted by Gasteiger charge is 2.16. The monoisotopic (exact) mass is 230 g/mol. The number of benzene rings is 2. The zero-order chi connectivity index (χ0) is 11.5. The first-order valence-corrected chi connectivity index (χ1v) is 5.55. The Hall–Kier alpha value is -1.25. The summed E-state index contributed by atoms with van der Waals surface area (Å²) in [6.45, 7) is 1.35. The molecular weight excluding hydrogens is 218 g/mol. The van der Waals surface area contributed by atoms with Crippen molar-refractivity contribution in [3.63, 3.8) is 0 Å². The summed E-state index contributed by atoms with van der Waals surface area (Å²) in [6.07, 6.45) is 0. The predicted octanol–water partition coefficient (Wildman–Crippen LogP) is 1.75. The van der Waals surface area contributed by atoms with Crippen LogP contribution in [0.25, 0.3) is 0 Å². The standard InChI is InChI=1S/C13H12BClO/c1-10-9-12(7-8-13(10)15)14(16)11-5-3-2-4-6-11/h2-9,16H,1H3. The summed E-state index contributed by atoms with van der Waals surface area (Å²) in [7, 11) is 0. The molecular formula is C13H12BClO. The summed E-state index contributed by atoms with van der Waals surface area (Å²) < 4.78 is 0. The van der Waals surface area contributed by atoms with Crippen molar-refractivity contribution in [3.05, 3.63) is 59.1 Å². The van der Waals surface area contributed by atoms with Gasteiger partial charge >= 0.3 is 6.92 Å². The largest absolute Gasteiger partial charge is 0.443 e. The first kappa shape index (κ1) is 11.2. The van der Waals surface area contributed by atoms with Crippen LogP contribution in [0, 0.1) is 6.92 Å². The molecule has 80 valence electrons. The minimum atomic E-state index is -0.586. The van der Waals surface area contributed by atoms with Gasteiger partial charge in [0.1, 0.15) is 0 Å². The zero-order valence-electron chi connectivity index (χ0n) is 9.02. The Morgan fingerprint density at radius 1 is 1.00 bits per heavy atom. The molecule has 0 aliphatic heterocycles. The van der Waals surface area contributed by atoms with E-state index in [1.807, 2.05) is 55.5 Å². The first-order chi connectivity index (χ1) is 7.68. The molecule has 2 rings (SSSR count). The molecule has 0 heterocycles. The van der Waals surface area contributed by atoms with Crippen LogP contribution in [0.3, 0.4) is 0 Å². The molecule has 2 aromatic rings. The van der Waals surface area contributed by atoms with Crippen LogP contribution in [0.15, 0.2) is 48.5 Å². The van der Waals surface area contributed by atoms with E-state index < -0.39 is 6.92 Å². The van der Waals surface area contributed by atoms with E-state index in [0.717, 1.165) is 21.5 Å². The number of aryl methyl sites for hydroxylation is 1. The Labute approximate surface area is 101 Å². The van der Waals surface area contributed by atoms with Crippen molar-refractivity contribution in [1.29, 1.82) is 0 Å². The highest BCUT2D eigenvalue weighted by Crippen LogP contribution is 2.11. The quantitative estimate of drug-likeness (QED) is 0.780. The van der Waals surface area contributed by atoms with E-state index in [-0.39, 0.29) is 0 Å². The van der Waals surface area contributed by atoms with E-state index in [4.69, 9.17) is 11.6 Å². The van der Waals surface area contributed by atoms with Crippen molar-refractivity contribution < 1.29 is 5.02 Å². The fourth-order valence-electron chi connectivity index (χ4n) is 1.67. The van der Waals surface area contributed by atoms with Crippen LogP contribution < -0.4 is 10.9 Å². The molecule has 1 N–H and O–H groups in total. The Morgan fingerprint density at radius 2 is 1.69 bits per heavy atom. The fraction of sp³-hybridized carbons (Fsp3) is 0.0769. The third kappa shape index (κ3) is 2.29. The summed E-state index contributed by atoms with van der Waals surface area (Å²) in [5.41, 5.74) is 2.74. The second-order valence-corrected chi connectivity index (χ2v) is 4.23. The molecule has 0 unspecified atom stereocenters. The maximum atomic E-state index is 10.2. The predicted molar refractivity (Wildman–Crippen MR) is 69.9 cm³/mol. The summed E-state index contributed by atoms with van der Waals surface area (Å²) in [5, 5.41) is 10.9. The highest BCUT2D eigenvalue weighted by molar-refractivity contribution is 6.78. The van der Waals surface area contributed by atoms with Gasteiger partial charge in [-0.2, -0.15) is 0 Å². The molecule has 0 aromatic heterocycles. The van der Waals surface area contributed by atoms with Gasteiger partial charge in [0.2, 0.25) is 0 Å². The topological polar surface area (TPSA) is 20.2 Å². The number of hydrogen-bond donors (Lipinski definition) is 1. The summed E-state index contributed by atoms with van der Waals surface area (Å²) in [6, 6.07) is 15.2. The molecule has 0 spiro atoms. The van der Waals surface area contributed by atoms with Crippen LogP contribution in [0.1, 0.15) is 5.56 Å². The summed E-state index contributed by atoms with van der Waals surface area (Å²) in [4.78, 5) is 0. The Bertz CT molecular complexity index is 485. The molecule has 2 aromatic carbocycles. The summed E-state index contributed by atoms with van der Waals surface area (Å²) >= 11 is 5.95. The normalized spacial score (nSPS) is 10.2. The lowest BCUT2D eigenvalue weighted by molar-refractivity contribution is 0.600. The van der Waals surface area contributed by atoms with Crippen molar-refractivity contribution in [2.75, 3.05) is 0 Å². The minimum Gasteiger partial charge on any atom is -0.443 e. The van der Waals surface area contributed by atoms with Gasteiger partial charge in [-0.1, -0.05) is 54.1 Å². The Balaban J connectivity index is 2.34. The maximum Gasteiger partial charge on any atom is 0.358 e. The second-order valence-electron chi connectivity index (χ2n) is 3.82. The van der Waals surface area contributed by atoms with Gasteiger partial charge in [-0.25, -0.2) is 0 Å². The molecule has 0 saturated carbocycles. The van der Waals surface area contributed by atoms with Gasteiger partial charge in [0.05, 0.1) is 0 Å². The van der Waals surface area contributed by atoms with Gasteiger partial charge in [-0.15, -0.1) is 0 Å². The Morgan fingerprint density at radius 3 is 2.31 bits per heavy atom. The number of halogens is 1. The second kappa shape index (κ2) is 4.73. The minimum absolute atomic E-state index is 0.586. The lowest BCUT2D eigenvalue weighted by Crippen LogP contribution is -2.42. The molecule has 3 heteroatoms. The van der Waals surface area contributed by atoms with Gasteiger partial charge in [-0.05, 0) is 29.5 Å². The third-order valence-electron chi connectivity index (χ3n) is 2.61. The van der Waals surface area contributed by atoms with Crippen molar-refractivity contribution in [2.45, 2.75) is 6.92 Å². The molecule has 0 fully saturated rings. The first-order valence-electron chi connectivity index (χ1n) is 5.17. The van der Waals surface area contributed by atoms with Crippen LogP contribution in [-0.4, -0.2) is 11.9 Å². The fourth-order valence-corrected chi connectivity index (χ4v) is 1.78. The SMILES string of the molecule is Cc1cc(B(O)c2ccccc2)ccc1Cl. The van der Waals surface area contributed by atoms with E-state index in [1.54, 1.807) is 0 Å². The van der Waals surface area contributed by atoms with Crippen molar-refractivity contribution in [2.24, 2.45) is 0 Å². The van der Waals surface area contributed by atoms with E-state index >= 15 is 0 Å². The lowest BCUT2D eigenvalue weighted by Gasteiger charge is -2.08. The molecule has 0 radical (unpaired) electrons. The smallest absolute Gasteiger partial charge is 0.358 e. The van der Waals surface area contributed by atoms with Gasteiger partial charge in [0, 0.05) is 5.02 Å². The molecule has 16 heavy (non-hydrogen) atoms. The molecule has 0 atom stereocenters. The third-order valence-corrected chi connectivity index (χ3v) is 3.04. The van der Waals surface area contributed by atoms with Gasteiger partial charge in [0.15, 0.2) is 0 Å². The van der Waals surface area contributed by atoms with E-state index in [0.29, 0.717) is 0 Å². The number of rotatable bonds is 2. The zero-order valence-corrected chi connectivity index (χ0v) is 9.78. The average molecular weight is 231 g/mol. The van der Waals surface area contributed by atoms with Crippen LogP contribution in [0.4, 0.5) is 0 Å². The summed E-state index contributed by atoms with van der Waals surface area (Å²) in [5.74, 6) is 0. The molecule has 0 bridgehead atoms. The van der Waals surface area contributed by atoms with Crippen molar-refractivity contribution >= 4 is 29.4 Å². The molecule has 0 aliphatic rings. The van der Waals surface area contributed by atoms with E-state index in [9.17, 15) is 5.02 Å². The van der Waals surface area contributed by atoms with Crippen LogP contribution in [0.5, 0.6) is 0 Å². The molecule has 1 nitrogen and oxygen atoms in total. The average Bonchev–Trinajstić information content (AvgIpc) is 2.33. The van der Waals surface area contributed by atoms with Crippen molar-refractivity contribution in [1.82, 2.24) is 0 Å². The maximum absolute atomic E-state index is 10.2. The number of hydrogen-bond acceptors (Lipinski definition) is 1. The Kier molecular flexibility index (Phi) is 3.32. The highest BCUT2D eigenvalue weighted by atomic mass is 35.5. The van der Waals surface area contributed by atoms with Crippen LogP contribution in [-0.2, 0) is 0 Å². The van der Waals surface area contributed by atoms with Gasteiger partial charge < -0.3 is 5.02 Å². The lowest BCUT2D eigenvalue weighted by atomic mass is 9.56. The van der Waals surface area contributed by atoms with Crippen LogP contribution >= 0.6 is 11.6 Å². The van der Waals surface area contributed by atoms with Crippen LogP contribution in [0.2, 0.25) is 5.02 Å². The van der Waals surface area contributed by atoms with Gasteiger partial charge in [0.25, 0.3) is 0 Å². The van der Waals surface area contributed by atoms with E-state index in [2.05, 4.69) is 0 Å². The van der Waals surface area contributed by atoms with E-state index in [1.165, 1.54) is 0 Å². The molecule has 0 saturated heterocycles. The van der Waals surface area contributed by atoms with Gasteiger partial charge in [-0.3, -0.25) is 0 Å². The molecule has 0 aliphatic carbocycles. The van der Waals surface area contributed by atoms with Crippen molar-refractivity contribution in [3.8, 4) is 0 Å². The molecule has 0 amide bonds.